The Balaban J connectivity index is 2.31. The molecule has 1 aromatic carbocycles. The summed E-state index contributed by atoms with van der Waals surface area (Å²) in [5, 5.41) is 0.0243. The minimum absolute atomic E-state index is 0.0243. The van der Waals surface area contributed by atoms with Gasteiger partial charge in [0.1, 0.15) is 11.6 Å². The number of alkyl halides is 1. The van der Waals surface area contributed by atoms with Crippen LogP contribution in [0.5, 0.6) is 0 Å². The second-order valence-electron chi connectivity index (χ2n) is 3.76. The fourth-order valence-electron chi connectivity index (χ4n) is 2.08. The van der Waals surface area contributed by atoms with Gasteiger partial charge in [-0.2, -0.15) is 0 Å². The molecule has 0 spiro atoms. The van der Waals surface area contributed by atoms with Crippen molar-refractivity contribution < 1.29 is 8.78 Å². The Morgan fingerprint density at radius 2 is 1.71 bits per heavy atom. The number of benzene rings is 1. The molecule has 1 fully saturated rings. The van der Waals surface area contributed by atoms with E-state index >= 15 is 0 Å². The molecule has 76 valence electrons. The van der Waals surface area contributed by atoms with Crippen molar-refractivity contribution in [3.05, 3.63) is 35.4 Å². The highest BCUT2D eigenvalue weighted by Crippen LogP contribution is 2.38. The monoisotopic (exact) mass is 216 g/mol. The van der Waals surface area contributed by atoms with Crippen LogP contribution in [0.3, 0.4) is 0 Å². The van der Waals surface area contributed by atoms with E-state index in [4.69, 9.17) is 11.6 Å². The van der Waals surface area contributed by atoms with Gasteiger partial charge in [-0.1, -0.05) is 6.42 Å². The lowest BCUT2D eigenvalue weighted by Crippen LogP contribution is -2.05. The van der Waals surface area contributed by atoms with Crippen molar-refractivity contribution in [2.45, 2.75) is 30.6 Å². The molecule has 2 rings (SSSR count). The molecule has 1 aliphatic carbocycles. The highest BCUT2D eigenvalue weighted by atomic mass is 35.5. The van der Waals surface area contributed by atoms with Gasteiger partial charge >= 0.3 is 0 Å². The normalized spacial score (nSPS) is 26.8. The Labute approximate surface area is 86.9 Å². The summed E-state index contributed by atoms with van der Waals surface area (Å²) in [6.07, 6.45) is 2.90. The zero-order chi connectivity index (χ0) is 10.1. The minimum atomic E-state index is -0.518. The summed E-state index contributed by atoms with van der Waals surface area (Å²) in [7, 11) is 0. The van der Waals surface area contributed by atoms with Crippen LogP contribution >= 0.6 is 11.6 Å². The maximum Gasteiger partial charge on any atom is 0.126 e. The van der Waals surface area contributed by atoms with Gasteiger partial charge in [0.05, 0.1) is 0 Å². The van der Waals surface area contributed by atoms with E-state index in [0.29, 0.717) is 5.56 Å². The van der Waals surface area contributed by atoms with E-state index in [9.17, 15) is 8.78 Å². The lowest BCUT2D eigenvalue weighted by molar-refractivity contribution is 0.573. The van der Waals surface area contributed by atoms with Gasteiger partial charge in [0.25, 0.3) is 0 Å². The first kappa shape index (κ1) is 9.91. The van der Waals surface area contributed by atoms with Crippen molar-refractivity contribution >= 4 is 11.6 Å². The molecular weight excluding hydrogens is 206 g/mol. The fourth-order valence-corrected chi connectivity index (χ4v) is 2.51. The van der Waals surface area contributed by atoms with Crippen molar-refractivity contribution in [2.75, 3.05) is 0 Å². The van der Waals surface area contributed by atoms with E-state index in [-0.39, 0.29) is 11.3 Å². The number of rotatable bonds is 1. The lowest BCUT2D eigenvalue weighted by Gasteiger charge is -2.13. The first-order valence-electron chi connectivity index (χ1n) is 4.77. The van der Waals surface area contributed by atoms with Gasteiger partial charge in [-0.15, -0.1) is 11.6 Å². The van der Waals surface area contributed by atoms with E-state index < -0.39 is 11.6 Å². The summed E-state index contributed by atoms with van der Waals surface area (Å²) in [5.41, 5.74) is 0.694. The molecule has 0 bridgehead atoms. The summed E-state index contributed by atoms with van der Waals surface area (Å²) in [5.74, 6) is -0.923. The molecule has 0 aromatic heterocycles. The molecule has 0 radical (unpaired) electrons. The molecule has 0 saturated heterocycles. The Morgan fingerprint density at radius 1 is 1.07 bits per heavy atom. The zero-order valence-electron chi connectivity index (χ0n) is 7.64. The lowest BCUT2D eigenvalue weighted by atomic mass is 9.97. The highest BCUT2D eigenvalue weighted by Gasteiger charge is 2.27. The number of hydrogen-bond donors (Lipinski definition) is 0. The third-order valence-corrected chi connectivity index (χ3v) is 3.27. The van der Waals surface area contributed by atoms with Gasteiger partial charge in [0.15, 0.2) is 0 Å². The van der Waals surface area contributed by atoms with Crippen LogP contribution in [0.15, 0.2) is 18.2 Å². The van der Waals surface area contributed by atoms with E-state index in [0.717, 1.165) is 25.3 Å². The summed E-state index contributed by atoms with van der Waals surface area (Å²) >= 11 is 6.07. The third-order valence-electron chi connectivity index (χ3n) is 2.74. The zero-order valence-corrected chi connectivity index (χ0v) is 8.40. The van der Waals surface area contributed by atoms with Crippen LogP contribution in [0.25, 0.3) is 0 Å². The van der Waals surface area contributed by atoms with Crippen LogP contribution in [-0.2, 0) is 0 Å². The van der Waals surface area contributed by atoms with Gasteiger partial charge in [-0.05, 0) is 30.5 Å². The molecule has 0 amide bonds. The predicted octanol–water partition coefficient (Wildman–Crippen LogP) is 3.84. The molecule has 0 heterocycles. The predicted molar refractivity (Wildman–Crippen MR) is 52.6 cm³/mol. The molecule has 0 nitrogen and oxygen atoms in total. The quantitative estimate of drug-likeness (QED) is 0.626. The van der Waals surface area contributed by atoms with Crippen molar-refractivity contribution in [2.24, 2.45) is 0 Å². The minimum Gasteiger partial charge on any atom is -0.207 e. The second-order valence-corrected chi connectivity index (χ2v) is 4.32. The van der Waals surface area contributed by atoms with Gasteiger partial charge in [-0.3, -0.25) is 0 Å². The first-order chi connectivity index (χ1) is 6.66. The Bertz CT molecular complexity index is 318. The Hall–Kier alpha value is -0.630. The molecular formula is C11H11ClF2. The standard InChI is InChI=1S/C11H11ClF2/c12-11-3-1-2-10(11)7-4-8(13)6-9(14)5-7/h4-6,10-11H,1-3H2. The van der Waals surface area contributed by atoms with Crippen molar-refractivity contribution in [3.8, 4) is 0 Å². The molecule has 3 heteroatoms. The Morgan fingerprint density at radius 3 is 2.21 bits per heavy atom. The summed E-state index contributed by atoms with van der Waals surface area (Å²) in [6, 6.07) is 3.66. The molecule has 1 aromatic rings. The summed E-state index contributed by atoms with van der Waals surface area (Å²) < 4.78 is 25.9. The maximum atomic E-state index is 12.9. The molecule has 0 N–H and O–H groups in total. The van der Waals surface area contributed by atoms with Gasteiger partial charge in [0.2, 0.25) is 0 Å². The van der Waals surface area contributed by atoms with Crippen LogP contribution in [0.4, 0.5) is 8.78 Å². The van der Waals surface area contributed by atoms with Gasteiger partial charge < -0.3 is 0 Å². The fraction of sp³-hybridized carbons (Fsp3) is 0.455. The summed E-state index contributed by atoms with van der Waals surface area (Å²) in [6.45, 7) is 0. The number of hydrogen-bond acceptors (Lipinski definition) is 0. The molecule has 2 unspecified atom stereocenters. The van der Waals surface area contributed by atoms with Crippen LogP contribution in [0.1, 0.15) is 30.7 Å². The topological polar surface area (TPSA) is 0 Å². The highest BCUT2D eigenvalue weighted by molar-refractivity contribution is 6.21. The van der Waals surface area contributed by atoms with E-state index in [1.54, 1.807) is 0 Å². The van der Waals surface area contributed by atoms with Crippen molar-refractivity contribution in [1.29, 1.82) is 0 Å². The number of halogens is 3. The largest absolute Gasteiger partial charge is 0.207 e. The molecule has 1 saturated carbocycles. The van der Waals surface area contributed by atoms with E-state index in [2.05, 4.69) is 0 Å². The summed E-state index contributed by atoms with van der Waals surface area (Å²) in [4.78, 5) is 0. The average Bonchev–Trinajstić information content (AvgIpc) is 2.49. The van der Waals surface area contributed by atoms with Crippen LogP contribution < -0.4 is 0 Å². The Kier molecular flexibility index (Phi) is 2.73. The first-order valence-corrected chi connectivity index (χ1v) is 5.20. The molecule has 0 aliphatic heterocycles. The van der Waals surface area contributed by atoms with Crippen molar-refractivity contribution in [1.82, 2.24) is 0 Å². The molecule has 2 atom stereocenters. The van der Waals surface area contributed by atoms with Crippen LogP contribution in [-0.4, -0.2) is 5.38 Å². The van der Waals surface area contributed by atoms with Gasteiger partial charge in [-0.25, -0.2) is 8.78 Å². The van der Waals surface area contributed by atoms with E-state index in [1.165, 1.54) is 12.1 Å². The van der Waals surface area contributed by atoms with E-state index in [1.807, 2.05) is 0 Å². The smallest absolute Gasteiger partial charge is 0.126 e. The SMILES string of the molecule is Fc1cc(F)cc(C2CCCC2Cl)c1. The van der Waals surface area contributed by atoms with Gasteiger partial charge in [0, 0.05) is 17.4 Å². The average molecular weight is 217 g/mol. The molecule has 1 aliphatic rings. The van der Waals surface area contributed by atoms with Crippen molar-refractivity contribution in [3.63, 3.8) is 0 Å². The molecule has 14 heavy (non-hydrogen) atoms. The van der Waals surface area contributed by atoms with Crippen LogP contribution in [0.2, 0.25) is 0 Å². The third kappa shape index (κ3) is 1.90. The maximum absolute atomic E-state index is 12.9. The second kappa shape index (κ2) is 3.85. The van der Waals surface area contributed by atoms with Crippen LogP contribution in [0, 0.1) is 11.6 Å².